The highest BCUT2D eigenvalue weighted by Gasteiger charge is 2.68. The minimum atomic E-state index is -0.690. The summed E-state index contributed by atoms with van der Waals surface area (Å²) in [5, 5.41) is 13.1. The number of rotatable bonds is 3. The zero-order valence-corrected chi connectivity index (χ0v) is 11.4. The summed E-state index contributed by atoms with van der Waals surface area (Å²) in [6.07, 6.45) is -0.359. The van der Waals surface area contributed by atoms with E-state index in [1.807, 2.05) is 30.3 Å². The van der Waals surface area contributed by atoms with E-state index in [0.29, 0.717) is 13.0 Å². The van der Waals surface area contributed by atoms with Crippen LogP contribution in [-0.2, 0) is 20.9 Å². The minimum Gasteiger partial charge on any atom is -0.459 e. The lowest BCUT2D eigenvalue weighted by Crippen LogP contribution is -2.44. The fourth-order valence-corrected chi connectivity index (χ4v) is 4.28. The van der Waals surface area contributed by atoms with E-state index in [1.165, 1.54) is 0 Å². The lowest BCUT2D eigenvalue weighted by atomic mass is 9.78. The summed E-state index contributed by atoms with van der Waals surface area (Å²) in [7, 11) is 0. The quantitative estimate of drug-likeness (QED) is 0.793. The molecule has 6 atom stereocenters. The lowest BCUT2D eigenvalue weighted by molar-refractivity contribution is -0.147. The summed E-state index contributed by atoms with van der Waals surface area (Å²) >= 11 is 0. The Morgan fingerprint density at radius 2 is 2.05 bits per heavy atom. The largest absolute Gasteiger partial charge is 0.459 e. The molecule has 1 aromatic carbocycles. The standard InChI is InChI=1S/C16H17NO4/c18-13-9-6-10-12(16(20)21-14(10)13)11(9)15(19)17-7-8-4-2-1-3-5-8/h1-5,9-14,18H,6-7H2,(H,17,19)/t9-,10+,11-,12+,13-,14-/m0/s1. The smallest absolute Gasteiger partial charge is 0.310 e. The molecule has 110 valence electrons. The zero-order valence-electron chi connectivity index (χ0n) is 11.4. The first kappa shape index (κ1) is 12.8. The van der Waals surface area contributed by atoms with E-state index in [1.54, 1.807) is 0 Å². The van der Waals surface area contributed by atoms with Crippen LogP contribution in [0.5, 0.6) is 0 Å². The summed E-state index contributed by atoms with van der Waals surface area (Å²) in [5.41, 5.74) is 1.02. The van der Waals surface area contributed by atoms with Crippen LogP contribution >= 0.6 is 0 Å². The van der Waals surface area contributed by atoms with Crippen LogP contribution in [0.4, 0.5) is 0 Å². The highest BCUT2D eigenvalue weighted by Crippen LogP contribution is 2.57. The lowest BCUT2D eigenvalue weighted by Gasteiger charge is -2.27. The van der Waals surface area contributed by atoms with Crippen molar-refractivity contribution in [1.29, 1.82) is 0 Å². The third-order valence-corrected chi connectivity index (χ3v) is 5.19. The molecule has 0 unspecified atom stereocenters. The molecule has 4 rings (SSSR count). The molecular weight excluding hydrogens is 270 g/mol. The van der Waals surface area contributed by atoms with Crippen LogP contribution in [0.2, 0.25) is 0 Å². The Hall–Kier alpha value is -1.88. The molecule has 2 aliphatic carbocycles. The summed E-state index contributed by atoms with van der Waals surface area (Å²) in [5.74, 6) is -1.40. The fourth-order valence-electron chi connectivity index (χ4n) is 4.28. The molecule has 5 nitrogen and oxygen atoms in total. The molecule has 1 aliphatic heterocycles. The number of esters is 1. The highest BCUT2D eigenvalue weighted by molar-refractivity contribution is 5.88. The number of aliphatic hydroxyl groups excluding tert-OH is 1. The second kappa shape index (κ2) is 4.56. The van der Waals surface area contributed by atoms with Crippen molar-refractivity contribution in [3.63, 3.8) is 0 Å². The molecule has 2 saturated carbocycles. The van der Waals surface area contributed by atoms with Crippen molar-refractivity contribution < 1.29 is 19.4 Å². The average molecular weight is 287 g/mol. The molecule has 0 radical (unpaired) electrons. The van der Waals surface area contributed by atoms with Gasteiger partial charge in [0.1, 0.15) is 6.10 Å². The monoisotopic (exact) mass is 287 g/mol. The van der Waals surface area contributed by atoms with Crippen molar-refractivity contribution in [2.24, 2.45) is 23.7 Å². The molecule has 5 heteroatoms. The summed E-state index contributed by atoms with van der Waals surface area (Å²) in [6, 6.07) is 9.64. The van der Waals surface area contributed by atoms with E-state index < -0.39 is 12.0 Å². The van der Waals surface area contributed by atoms with Crippen LogP contribution in [-0.4, -0.2) is 29.2 Å². The maximum atomic E-state index is 12.5. The third-order valence-electron chi connectivity index (χ3n) is 5.19. The van der Waals surface area contributed by atoms with Crippen molar-refractivity contribution in [2.45, 2.75) is 25.2 Å². The molecular formula is C16H17NO4. The van der Waals surface area contributed by atoms with Crippen molar-refractivity contribution in [3.05, 3.63) is 35.9 Å². The first-order valence-corrected chi connectivity index (χ1v) is 7.37. The molecule has 0 aromatic heterocycles. The number of carbonyl (C=O) groups is 2. The number of nitrogens with one attached hydrogen (secondary N) is 1. The maximum Gasteiger partial charge on any atom is 0.310 e. The van der Waals surface area contributed by atoms with E-state index >= 15 is 0 Å². The Labute approximate surface area is 122 Å². The Morgan fingerprint density at radius 1 is 1.29 bits per heavy atom. The molecule has 1 amide bonds. The number of amides is 1. The zero-order chi connectivity index (χ0) is 14.6. The molecule has 3 fully saturated rings. The van der Waals surface area contributed by atoms with Gasteiger partial charge in [0.15, 0.2) is 0 Å². The summed E-state index contributed by atoms with van der Waals surface area (Å²) in [4.78, 5) is 24.4. The van der Waals surface area contributed by atoms with Gasteiger partial charge in [-0.1, -0.05) is 30.3 Å². The van der Waals surface area contributed by atoms with Crippen molar-refractivity contribution >= 4 is 11.9 Å². The topological polar surface area (TPSA) is 75.6 Å². The number of aliphatic hydroxyl groups is 1. The van der Waals surface area contributed by atoms with Crippen LogP contribution in [0.25, 0.3) is 0 Å². The summed E-state index contributed by atoms with van der Waals surface area (Å²) in [6.45, 7) is 0.439. The van der Waals surface area contributed by atoms with Gasteiger partial charge in [0.25, 0.3) is 0 Å². The van der Waals surface area contributed by atoms with Gasteiger partial charge >= 0.3 is 5.97 Å². The maximum absolute atomic E-state index is 12.5. The number of hydrogen-bond donors (Lipinski definition) is 2. The highest BCUT2D eigenvalue weighted by atomic mass is 16.6. The summed E-state index contributed by atoms with van der Waals surface area (Å²) < 4.78 is 5.23. The molecule has 21 heavy (non-hydrogen) atoms. The molecule has 1 aromatic rings. The van der Waals surface area contributed by atoms with Crippen LogP contribution in [0.1, 0.15) is 12.0 Å². The first-order valence-electron chi connectivity index (χ1n) is 7.37. The number of ether oxygens (including phenoxy) is 1. The van der Waals surface area contributed by atoms with Gasteiger partial charge in [-0.05, 0) is 12.0 Å². The van der Waals surface area contributed by atoms with E-state index in [4.69, 9.17) is 4.74 Å². The van der Waals surface area contributed by atoms with E-state index in [0.717, 1.165) is 5.56 Å². The van der Waals surface area contributed by atoms with Crippen molar-refractivity contribution in [2.75, 3.05) is 0 Å². The van der Waals surface area contributed by atoms with Gasteiger partial charge in [-0.3, -0.25) is 9.59 Å². The second-order valence-electron chi connectivity index (χ2n) is 6.21. The molecule has 3 aliphatic rings. The van der Waals surface area contributed by atoms with Gasteiger partial charge in [-0.2, -0.15) is 0 Å². The molecule has 2 bridgehead atoms. The van der Waals surface area contributed by atoms with Gasteiger partial charge in [0, 0.05) is 18.4 Å². The predicted octanol–water partition coefficient (Wildman–Crippen LogP) is 0.471. The Morgan fingerprint density at radius 3 is 2.81 bits per heavy atom. The second-order valence-corrected chi connectivity index (χ2v) is 6.21. The van der Waals surface area contributed by atoms with E-state index in [-0.39, 0.29) is 35.7 Å². The Bertz CT molecular complexity index is 587. The van der Waals surface area contributed by atoms with Crippen LogP contribution in [0, 0.1) is 23.7 Å². The van der Waals surface area contributed by atoms with E-state index in [9.17, 15) is 14.7 Å². The number of carbonyl (C=O) groups excluding carboxylic acids is 2. The predicted molar refractivity (Wildman–Crippen MR) is 72.8 cm³/mol. The molecule has 1 heterocycles. The van der Waals surface area contributed by atoms with Crippen LogP contribution in [0.15, 0.2) is 30.3 Å². The van der Waals surface area contributed by atoms with Gasteiger partial charge in [-0.15, -0.1) is 0 Å². The Kier molecular flexibility index (Phi) is 2.79. The third kappa shape index (κ3) is 1.80. The minimum absolute atomic E-state index is 0.0185. The normalized spacial score (nSPS) is 39.4. The number of hydrogen-bond acceptors (Lipinski definition) is 4. The number of benzene rings is 1. The SMILES string of the molecule is O=C1O[C@@H]2[C@@H](O)[C@H]3C[C@@H]2[C@@H]1[C@H]3C(=O)NCc1ccccc1. The van der Waals surface area contributed by atoms with Crippen LogP contribution in [0.3, 0.4) is 0 Å². The van der Waals surface area contributed by atoms with Gasteiger partial charge in [0.2, 0.25) is 5.91 Å². The Balaban J connectivity index is 1.49. The number of fused-ring (bicyclic) bond motifs is 1. The van der Waals surface area contributed by atoms with Gasteiger partial charge in [0.05, 0.1) is 17.9 Å². The average Bonchev–Trinajstić information content (AvgIpc) is 3.10. The van der Waals surface area contributed by atoms with Crippen molar-refractivity contribution in [1.82, 2.24) is 5.32 Å². The molecule has 0 spiro atoms. The van der Waals surface area contributed by atoms with Gasteiger partial charge in [-0.25, -0.2) is 0 Å². The fraction of sp³-hybridized carbons (Fsp3) is 0.500. The first-order chi connectivity index (χ1) is 10.2. The van der Waals surface area contributed by atoms with E-state index in [2.05, 4.69) is 5.32 Å². The molecule has 1 saturated heterocycles. The van der Waals surface area contributed by atoms with Crippen LogP contribution < -0.4 is 5.32 Å². The van der Waals surface area contributed by atoms with Gasteiger partial charge < -0.3 is 15.2 Å². The molecule has 2 N–H and O–H groups in total. The van der Waals surface area contributed by atoms with Crippen molar-refractivity contribution in [3.8, 4) is 0 Å².